The minimum absolute atomic E-state index is 0.146. The van der Waals surface area contributed by atoms with Crippen LogP contribution in [0.4, 0.5) is 19.0 Å². The van der Waals surface area contributed by atoms with E-state index in [1.165, 1.54) is 12.3 Å². The fourth-order valence-electron chi connectivity index (χ4n) is 1.96. The van der Waals surface area contributed by atoms with Gasteiger partial charge >= 0.3 is 6.18 Å². The number of carbonyl (C=O) groups excluding carboxylic acids is 1. The molecule has 0 aliphatic carbocycles. The van der Waals surface area contributed by atoms with Gasteiger partial charge in [-0.05, 0) is 12.1 Å². The number of halogens is 5. The van der Waals surface area contributed by atoms with E-state index in [1.54, 1.807) is 0 Å². The van der Waals surface area contributed by atoms with Crippen LogP contribution in [0.2, 0.25) is 10.0 Å². The first-order valence-electron chi connectivity index (χ1n) is 7.26. The van der Waals surface area contributed by atoms with Crippen molar-refractivity contribution in [3.05, 3.63) is 56.6 Å². The van der Waals surface area contributed by atoms with Gasteiger partial charge in [0.1, 0.15) is 12.4 Å². The van der Waals surface area contributed by atoms with Crippen molar-refractivity contribution >= 4 is 34.9 Å². The Balaban J connectivity index is 1.86. The van der Waals surface area contributed by atoms with Crippen molar-refractivity contribution in [2.75, 3.05) is 18.4 Å². The molecule has 0 bridgehead atoms. The van der Waals surface area contributed by atoms with E-state index in [0.717, 1.165) is 6.07 Å². The number of hydrogen-bond donors (Lipinski definition) is 2. The third kappa shape index (κ3) is 5.63. The maximum absolute atomic E-state index is 12.7. The second-order valence-electron chi connectivity index (χ2n) is 5.14. The summed E-state index contributed by atoms with van der Waals surface area (Å²) >= 11 is 11.6. The van der Waals surface area contributed by atoms with Crippen molar-refractivity contribution < 1.29 is 18.0 Å². The molecule has 140 valence electrons. The Morgan fingerprint density at radius 2 is 1.96 bits per heavy atom. The quantitative estimate of drug-likeness (QED) is 0.720. The third-order valence-electron chi connectivity index (χ3n) is 3.17. The van der Waals surface area contributed by atoms with E-state index < -0.39 is 29.8 Å². The monoisotopic (exact) mass is 408 g/mol. The lowest BCUT2D eigenvalue weighted by atomic mass is 10.3. The van der Waals surface area contributed by atoms with Crippen LogP contribution >= 0.6 is 23.2 Å². The second kappa shape index (κ2) is 8.41. The minimum Gasteiger partial charge on any atom is -0.367 e. The van der Waals surface area contributed by atoms with Crippen molar-refractivity contribution in [1.29, 1.82) is 0 Å². The van der Waals surface area contributed by atoms with Crippen LogP contribution in [0.5, 0.6) is 0 Å². The largest absolute Gasteiger partial charge is 0.417 e. The Morgan fingerprint density at radius 3 is 2.62 bits per heavy atom. The summed E-state index contributed by atoms with van der Waals surface area (Å²) in [6.07, 6.45) is -2.59. The van der Waals surface area contributed by atoms with Crippen molar-refractivity contribution in [3.8, 4) is 0 Å². The molecular formula is C15H13Cl2F3N4O2. The number of rotatable bonds is 6. The normalized spacial score (nSPS) is 11.3. The highest BCUT2D eigenvalue weighted by atomic mass is 35.5. The van der Waals surface area contributed by atoms with Gasteiger partial charge in [-0.2, -0.15) is 13.2 Å². The topological polar surface area (TPSA) is 76.0 Å². The molecule has 0 unspecified atom stereocenters. The van der Waals surface area contributed by atoms with Crippen LogP contribution < -0.4 is 16.2 Å². The molecule has 11 heteroatoms. The van der Waals surface area contributed by atoms with E-state index in [-0.39, 0.29) is 13.1 Å². The highest BCUT2D eigenvalue weighted by molar-refractivity contribution is 6.35. The Labute approximate surface area is 155 Å². The first-order valence-corrected chi connectivity index (χ1v) is 8.01. The van der Waals surface area contributed by atoms with Gasteiger partial charge in [-0.1, -0.05) is 23.2 Å². The molecule has 0 fully saturated rings. The predicted molar refractivity (Wildman–Crippen MR) is 91.5 cm³/mol. The summed E-state index contributed by atoms with van der Waals surface area (Å²) in [6.45, 7) is -0.118. The van der Waals surface area contributed by atoms with E-state index in [1.807, 2.05) is 0 Å². The van der Waals surface area contributed by atoms with Gasteiger partial charge < -0.3 is 15.2 Å². The number of nitrogens with one attached hydrogen (secondary N) is 2. The van der Waals surface area contributed by atoms with Crippen LogP contribution in [0.15, 0.2) is 35.4 Å². The summed E-state index contributed by atoms with van der Waals surface area (Å²) in [4.78, 5) is 27.4. The van der Waals surface area contributed by atoms with Crippen LogP contribution in [0, 0.1) is 0 Å². The smallest absolute Gasteiger partial charge is 0.367 e. The van der Waals surface area contributed by atoms with E-state index in [9.17, 15) is 22.8 Å². The van der Waals surface area contributed by atoms with Crippen LogP contribution in [-0.4, -0.2) is 28.5 Å². The first kappa shape index (κ1) is 20.1. The average Bonchev–Trinajstić information content (AvgIpc) is 2.54. The highest BCUT2D eigenvalue weighted by Crippen LogP contribution is 2.28. The lowest BCUT2D eigenvalue weighted by Crippen LogP contribution is -2.35. The van der Waals surface area contributed by atoms with Crippen molar-refractivity contribution in [3.63, 3.8) is 0 Å². The predicted octanol–water partition coefficient (Wildman–Crippen LogP) is 2.80. The molecule has 0 saturated carbocycles. The molecule has 0 radical (unpaired) electrons. The molecule has 0 saturated heterocycles. The number of alkyl halides is 3. The second-order valence-corrected chi connectivity index (χ2v) is 5.99. The van der Waals surface area contributed by atoms with E-state index in [0.29, 0.717) is 32.7 Å². The van der Waals surface area contributed by atoms with Gasteiger partial charge in [-0.25, -0.2) is 4.98 Å². The molecule has 0 aliphatic heterocycles. The van der Waals surface area contributed by atoms with Gasteiger partial charge in [0.2, 0.25) is 5.91 Å². The van der Waals surface area contributed by atoms with Crippen LogP contribution in [0.1, 0.15) is 5.56 Å². The molecule has 2 N–H and O–H groups in total. The Kier molecular flexibility index (Phi) is 6.49. The van der Waals surface area contributed by atoms with Gasteiger partial charge in [0.05, 0.1) is 15.6 Å². The molecule has 1 amide bonds. The standard InChI is InChI=1S/C15H13Cl2F3N4O2/c16-10-5-11(17)14(23-6-10)22-4-3-21-12(25)8-24-7-9(15(18,19)20)1-2-13(24)26/h1-2,5-7H,3-4,8H2,(H,21,25)(H,22,23). The molecule has 2 heterocycles. The minimum atomic E-state index is -4.60. The zero-order valence-electron chi connectivity index (χ0n) is 13.1. The fraction of sp³-hybridized carbons (Fsp3) is 0.267. The number of nitrogens with zero attached hydrogens (tertiary/aromatic N) is 2. The molecule has 0 aromatic carbocycles. The van der Waals surface area contributed by atoms with E-state index >= 15 is 0 Å². The molecular weight excluding hydrogens is 396 g/mol. The van der Waals surface area contributed by atoms with Crippen molar-refractivity contribution in [2.45, 2.75) is 12.7 Å². The highest BCUT2D eigenvalue weighted by Gasteiger charge is 2.31. The Morgan fingerprint density at radius 1 is 1.23 bits per heavy atom. The van der Waals surface area contributed by atoms with Crippen LogP contribution in [0.3, 0.4) is 0 Å². The summed E-state index contributed by atoms with van der Waals surface area (Å²) in [7, 11) is 0. The lowest BCUT2D eigenvalue weighted by molar-refractivity contribution is -0.138. The third-order valence-corrected chi connectivity index (χ3v) is 3.67. The summed E-state index contributed by atoms with van der Waals surface area (Å²) in [5, 5.41) is 6.02. The maximum atomic E-state index is 12.7. The molecule has 2 aromatic heterocycles. The number of amides is 1. The van der Waals surface area contributed by atoms with Gasteiger partial charge in [-0.3, -0.25) is 9.59 Å². The average molecular weight is 409 g/mol. The van der Waals surface area contributed by atoms with Crippen LogP contribution in [-0.2, 0) is 17.5 Å². The number of anilines is 1. The zero-order chi connectivity index (χ0) is 19.3. The van der Waals surface area contributed by atoms with E-state index in [2.05, 4.69) is 15.6 Å². The fourth-order valence-corrected chi connectivity index (χ4v) is 2.41. The molecule has 2 rings (SSSR count). The number of hydrogen-bond acceptors (Lipinski definition) is 4. The number of pyridine rings is 2. The molecule has 6 nitrogen and oxygen atoms in total. The Bertz CT molecular complexity index is 856. The maximum Gasteiger partial charge on any atom is 0.417 e. The van der Waals surface area contributed by atoms with Gasteiger partial charge in [0, 0.05) is 31.5 Å². The van der Waals surface area contributed by atoms with Crippen LogP contribution in [0.25, 0.3) is 0 Å². The lowest BCUT2D eigenvalue weighted by Gasteiger charge is -2.11. The van der Waals surface area contributed by atoms with Gasteiger partial charge in [-0.15, -0.1) is 0 Å². The van der Waals surface area contributed by atoms with Gasteiger partial charge in [0.15, 0.2) is 0 Å². The molecule has 26 heavy (non-hydrogen) atoms. The number of aromatic nitrogens is 2. The molecule has 0 aliphatic rings. The first-order chi connectivity index (χ1) is 12.2. The SMILES string of the molecule is O=C(Cn1cc(C(F)(F)F)ccc1=O)NCCNc1ncc(Cl)cc1Cl. The summed E-state index contributed by atoms with van der Waals surface area (Å²) in [5.41, 5.74) is -1.71. The summed E-state index contributed by atoms with van der Waals surface area (Å²) < 4.78 is 38.7. The van der Waals surface area contributed by atoms with Crippen molar-refractivity contribution in [2.24, 2.45) is 0 Å². The number of carbonyl (C=O) groups is 1. The Hall–Kier alpha value is -2.26. The molecule has 0 spiro atoms. The molecule has 2 aromatic rings. The van der Waals surface area contributed by atoms with E-state index in [4.69, 9.17) is 23.2 Å². The summed E-state index contributed by atoms with van der Waals surface area (Å²) in [5.74, 6) is -0.234. The molecule has 0 atom stereocenters. The van der Waals surface area contributed by atoms with Crippen molar-refractivity contribution in [1.82, 2.24) is 14.9 Å². The van der Waals surface area contributed by atoms with Gasteiger partial charge in [0.25, 0.3) is 5.56 Å². The zero-order valence-corrected chi connectivity index (χ0v) is 14.6. The summed E-state index contributed by atoms with van der Waals surface area (Å²) in [6, 6.07) is 2.94.